The standard InChI is InChI=1S/C21H20N6O2/c1-14-19-18(21(29)26(23-14)13-17(28)22-15-9-10-15)20(25-11-5-6-12-25)27(24-19)16-7-3-2-4-8-16/h2-8,11-12,15H,9-10,13H2,1H3,(H,22,28). The molecule has 3 aromatic heterocycles. The molecule has 0 aliphatic heterocycles. The Balaban J connectivity index is 1.72. The Hall–Kier alpha value is -3.68. The van der Waals surface area contributed by atoms with Crippen LogP contribution in [0.25, 0.3) is 22.4 Å². The van der Waals surface area contributed by atoms with Gasteiger partial charge in [-0.25, -0.2) is 9.36 Å². The lowest BCUT2D eigenvalue weighted by atomic mass is 10.2. The average Bonchev–Trinajstić information content (AvgIpc) is 3.20. The molecule has 4 aromatic rings. The van der Waals surface area contributed by atoms with Gasteiger partial charge in [-0.15, -0.1) is 0 Å². The summed E-state index contributed by atoms with van der Waals surface area (Å²) in [5, 5.41) is 12.4. The largest absolute Gasteiger partial charge is 0.352 e. The number of aromatic nitrogens is 5. The van der Waals surface area contributed by atoms with Crippen molar-refractivity contribution in [2.24, 2.45) is 0 Å². The maximum atomic E-state index is 13.3. The lowest BCUT2D eigenvalue weighted by Gasteiger charge is -2.09. The number of hydrogen-bond donors (Lipinski definition) is 1. The molecule has 1 amide bonds. The summed E-state index contributed by atoms with van der Waals surface area (Å²) < 4.78 is 4.84. The van der Waals surface area contributed by atoms with E-state index in [0.29, 0.717) is 22.4 Å². The number of fused-ring (bicyclic) bond motifs is 1. The summed E-state index contributed by atoms with van der Waals surface area (Å²) in [7, 11) is 0. The lowest BCUT2D eigenvalue weighted by molar-refractivity contribution is -0.122. The van der Waals surface area contributed by atoms with Crippen LogP contribution in [0.2, 0.25) is 0 Å². The van der Waals surface area contributed by atoms with E-state index in [1.165, 1.54) is 4.68 Å². The highest BCUT2D eigenvalue weighted by molar-refractivity contribution is 5.88. The second-order valence-corrected chi connectivity index (χ2v) is 7.27. The minimum absolute atomic E-state index is 0.103. The van der Waals surface area contributed by atoms with Crippen LogP contribution in [-0.4, -0.2) is 36.1 Å². The molecule has 5 rings (SSSR count). The van der Waals surface area contributed by atoms with Gasteiger partial charge < -0.3 is 9.88 Å². The second kappa shape index (κ2) is 6.73. The molecule has 1 saturated carbocycles. The first-order valence-corrected chi connectivity index (χ1v) is 9.60. The van der Waals surface area contributed by atoms with Crippen LogP contribution in [0.4, 0.5) is 0 Å². The van der Waals surface area contributed by atoms with E-state index in [0.717, 1.165) is 18.5 Å². The molecule has 29 heavy (non-hydrogen) atoms. The van der Waals surface area contributed by atoms with Crippen LogP contribution in [0.5, 0.6) is 0 Å². The molecule has 0 atom stereocenters. The third-order valence-corrected chi connectivity index (χ3v) is 5.01. The SMILES string of the molecule is Cc1nn(CC(=O)NC2CC2)c(=O)c2c(-n3cccc3)n(-c3ccccc3)nc12. The highest BCUT2D eigenvalue weighted by Crippen LogP contribution is 2.24. The molecule has 1 fully saturated rings. The molecule has 1 aliphatic carbocycles. The Morgan fingerprint density at radius 1 is 1.10 bits per heavy atom. The summed E-state index contributed by atoms with van der Waals surface area (Å²) in [6, 6.07) is 13.7. The molecular weight excluding hydrogens is 368 g/mol. The van der Waals surface area contributed by atoms with Crippen LogP contribution >= 0.6 is 0 Å². The number of aryl methyl sites for hydroxylation is 1. The summed E-state index contributed by atoms with van der Waals surface area (Å²) in [6.45, 7) is 1.70. The highest BCUT2D eigenvalue weighted by atomic mass is 16.2. The number of carbonyl (C=O) groups is 1. The first kappa shape index (κ1) is 17.4. The monoisotopic (exact) mass is 388 g/mol. The van der Waals surface area contributed by atoms with Gasteiger partial charge in [0, 0.05) is 18.4 Å². The zero-order valence-corrected chi connectivity index (χ0v) is 15.9. The predicted molar refractivity (Wildman–Crippen MR) is 108 cm³/mol. The molecule has 3 heterocycles. The number of nitrogens with zero attached hydrogens (tertiary/aromatic N) is 5. The van der Waals surface area contributed by atoms with Gasteiger partial charge in [-0.2, -0.15) is 10.2 Å². The fourth-order valence-corrected chi connectivity index (χ4v) is 3.47. The molecule has 0 unspecified atom stereocenters. The number of carbonyl (C=O) groups excluding carboxylic acids is 1. The van der Waals surface area contributed by atoms with E-state index in [1.54, 1.807) is 11.6 Å². The van der Waals surface area contributed by atoms with Gasteiger partial charge in [0.15, 0.2) is 5.82 Å². The maximum absolute atomic E-state index is 13.3. The zero-order valence-electron chi connectivity index (χ0n) is 15.9. The summed E-state index contributed by atoms with van der Waals surface area (Å²) >= 11 is 0. The van der Waals surface area contributed by atoms with Gasteiger partial charge in [0.25, 0.3) is 5.56 Å². The van der Waals surface area contributed by atoms with Crippen molar-refractivity contribution in [3.05, 3.63) is 70.9 Å². The van der Waals surface area contributed by atoms with Crippen LogP contribution in [0.15, 0.2) is 59.7 Å². The van der Waals surface area contributed by atoms with E-state index in [2.05, 4.69) is 10.4 Å². The van der Waals surface area contributed by atoms with Crippen LogP contribution in [0.1, 0.15) is 18.5 Å². The Kier molecular flexibility index (Phi) is 4.04. The molecule has 8 nitrogen and oxygen atoms in total. The number of hydrogen-bond acceptors (Lipinski definition) is 4. The predicted octanol–water partition coefficient (Wildman–Crippen LogP) is 1.96. The van der Waals surface area contributed by atoms with Crippen LogP contribution in [0, 0.1) is 6.92 Å². The third-order valence-electron chi connectivity index (χ3n) is 5.01. The van der Waals surface area contributed by atoms with Crippen molar-refractivity contribution in [1.29, 1.82) is 0 Å². The van der Waals surface area contributed by atoms with Gasteiger partial charge in [0.2, 0.25) is 5.91 Å². The molecule has 0 radical (unpaired) electrons. The molecule has 8 heteroatoms. The van der Waals surface area contributed by atoms with E-state index in [-0.39, 0.29) is 24.1 Å². The maximum Gasteiger partial charge on any atom is 0.280 e. The lowest BCUT2D eigenvalue weighted by Crippen LogP contribution is -2.35. The van der Waals surface area contributed by atoms with Gasteiger partial charge in [-0.05, 0) is 44.0 Å². The minimum atomic E-state index is -0.331. The Morgan fingerprint density at radius 3 is 2.52 bits per heavy atom. The van der Waals surface area contributed by atoms with Crippen molar-refractivity contribution < 1.29 is 4.79 Å². The minimum Gasteiger partial charge on any atom is -0.352 e. The van der Waals surface area contributed by atoms with Crippen molar-refractivity contribution in [2.75, 3.05) is 0 Å². The molecule has 0 spiro atoms. The summed E-state index contributed by atoms with van der Waals surface area (Å²) in [5.41, 5.74) is 1.63. The zero-order chi connectivity index (χ0) is 20.0. The quantitative estimate of drug-likeness (QED) is 0.566. The average molecular weight is 388 g/mol. The van der Waals surface area contributed by atoms with Crippen molar-refractivity contribution in [2.45, 2.75) is 32.4 Å². The van der Waals surface area contributed by atoms with E-state index < -0.39 is 0 Å². The molecule has 1 aliphatic rings. The van der Waals surface area contributed by atoms with Crippen LogP contribution in [0.3, 0.4) is 0 Å². The molecule has 1 N–H and O–H groups in total. The van der Waals surface area contributed by atoms with Crippen LogP contribution < -0.4 is 10.9 Å². The number of nitrogens with one attached hydrogen (secondary N) is 1. The Bertz CT molecular complexity index is 1250. The number of amides is 1. The summed E-state index contributed by atoms with van der Waals surface area (Å²) in [4.78, 5) is 25.6. The number of benzene rings is 1. The number of rotatable bonds is 5. The smallest absolute Gasteiger partial charge is 0.280 e. The van der Waals surface area contributed by atoms with Gasteiger partial charge in [0.1, 0.15) is 17.4 Å². The normalized spacial score (nSPS) is 13.7. The fraction of sp³-hybridized carbons (Fsp3) is 0.238. The van der Waals surface area contributed by atoms with Gasteiger partial charge >= 0.3 is 0 Å². The second-order valence-electron chi connectivity index (χ2n) is 7.27. The Labute approximate surface area is 166 Å². The summed E-state index contributed by atoms with van der Waals surface area (Å²) in [6.07, 6.45) is 5.73. The van der Waals surface area contributed by atoms with E-state index in [1.807, 2.05) is 59.4 Å². The third kappa shape index (κ3) is 3.12. The van der Waals surface area contributed by atoms with Gasteiger partial charge in [-0.3, -0.25) is 9.59 Å². The van der Waals surface area contributed by atoms with Crippen molar-refractivity contribution in [3.63, 3.8) is 0 Å². The number of para-hydroxylation sites is 1. The first-order chi connectivity index (χ1) is 14.1. The molecular formula is C21H20N6O2. The first-order valence-electron chi connectivity index (χ1n) is 9.60. The van der Waals surface area contributed by atoms with E-state index in [4.69, 9.17) is 5.10 Å². The van der Waals surface area contributed by atoms with Gasteiger partial charge in [-0.1, -0.05) is 18.2 Å². The van der Waals surface area contributed by atoms with E-state index >= 15 is 0 Å². The topological polar surface area (TPSA) is 86.7 Å². The Morgan fingerprint density at radius 2 is 1.83 bits per heavy atom. The van der Waals surface area contributed by atoms with E-state index in [9.17, 15) is 9.59 Å². The summed E-state index contributed by atoms with van der Waals surface area (Å²) in [5.74, 6) is 0.432. The van der Waals surface area contributed by atoms with Crippen molar-refractivity contribution in [3.8, 4) is 11.5 Å². The van der Waals surface area contributed by atoms with Crippen molar-refractivity contribution in [1.82, 2.24) is 29.4 Å². The van der Waals surface area contributed by atoms with Crippen LogP contribution in [-0.2, 0) is 11.3 Å². The highest BCUT2D eigenvalue weighted by Gasteiger charge is 2.25. The molecule has 146 valence electrons. The van der Waals surface area contributed by atoms with Gasteiger partial charge in [0.05, 0.1) is 11.4 Å². The van der Waals surface area contributed by atoms with Crippen molar-refractivity contribution >= 4 is 16.8 Å². The molecule has 1 aromatic carbocycles. The molecule has 0 bridgehead atoms. The molecule has 0 saturated heterocycles. The fourth-order valence-electron chi connectivity index (χ4n) is 3.47.